The first-order valence-electron chi connectivity index (χ1n) is 33.1. The number of ether oxygens (including phenoxy) is 1. The van der Waals surface area contributed by atoms with Crippen LogP contribution in [0.4, 0.5) is 0 Å². The molecule has 1 N–H and O–H groups in total. The van der Waals surface area contributed by atoms with E-state index in [9.17, 15) is 19.0 Å². The van der Waals surface area contributed by atoms with Crippen molar-refractivity contribution in [2.75, 3.05) is 40.9 Å². The number of phosphoric acid groups is 1. The number of phosphoric ester groups is 1. The van der Waals surface area contributed by atoms with Crippen molar-refractivity contribution in [2.45, 2.75) is 322 Å². The Morgan fingerprint density at radius 3 is 1.19 bits per heavy atom. The molecule has 0 spiro atoms. The van der Waals surface area contributed by atoms with Crippen LogP contribution < -0.4 is 10.2 Å². The second-order valence-electron chi connectivity index (χ2n) is 23.6. The number of hydrogen-bond donors (Lipinski definition) is 1. The molecule has 3 unspecified atom stereocenters. The van der Waals surface area contributed by atoms with Gasteiger partial charge < -0.3 is 28.5 Å². The molecule has 0 aromatic carbocycles. The van der Waals surface area contributed by atoms with Gasteiger partial charge in [-0.3, -0.25) is 14.2 Å². The third-order valence-corrected chi connectivity index (χ3v) is 15.7. The highest BCUT2D eigenvalue weighted by molar-refractivity contribution is 7.45. The quantitative estimate of drug-likeness (QED) is 0.0212. The number of carbonyl (C=O) groups is 2. The van der Waals surface area contributed by atoms with E-state index in [1.165, 1.54) is 186 Å². The van der Waals surface area contributed by atoms with E-state index < -0.39 is 20.0 Å². The summed E-state index contributed by atoms with van der Waals surface area (Å²) in [7, 11) is 1.18. The highest BCUT2D eigenvalue weighted by Gasteiger charge is 2.27. The second kappa shape index (κ2) is 57.9. The summed E-state index contributed by atoms with van der Waals surface area (Å²) in [5.41, 5.74) is 0. The fourth-order valence-electron chi connectivity index (χ4n) is 9.57. The Hall–Kier alpha value is -2.29. The third kappa shape index (κ3) is 58.4. The molecule has 0 aliphatic rings. The zero-order valence-electron chi connectivity index (χ0n) is 52.1. The van der Waals surface area contributed by atoms with Gasteiger partial charge in [-0.15, -0.1) is 0 Å². The molecule has 9 nitrogen and oxygen atoms in total. The Morgan fingerprint density at radius 2 is 0.782 bits per heavy atom. The minimum atomic E-state index is -4.70. The van der Waals surface area contributed by atoms with Crippen molar-refractivity contribution in [3.8, 4) is 0 Å². The number of hydrogen-bond acceptors (Lipinski definition) is 7. The predicted octanol–water partition coefficient (Wildman–Crippen LogP) is 20.0. The van der Waals surface area contributed by atoms with E-state index >= 15 is 0 Å². The second-order valence-corrected chi connectivity index (χ2v) is 25.0. The Bertz CT molecular complexity index is 1520. The van der Waals surface area contributed by atoms with Gasteiger partial charge in [0.05, 0.1) is 33.8 Å². The Balaban J connectivity index is 5.21. The third-order valence-electron chi connectivity index (χ3n) is 14.7. The molecule has 0 radical (unpaired) electrons. The fraction of sp³-hybridized carbons (Fsp3) is 0.824. The van der Waals surface area contributed by atoms with Gasteiger partial charge in [-0.25, -0.2) is 0 Å². The van der Waals surface area contributed by atoms with Crippen LogP contribution in [0.3, 0.4) is 0 Å². The van der Waals surface area contributed by atoms with Gasteiger partial charge in [0.1, 0.15) is 19.3 Å². The molecule has 0 rings (SSSR count). The number of likely N-dealkylation sites (N-methyl/N-ethyl adjacent to an activating group) is 1. The highest BCUT2D eigenvalue weighted by atomic mass is 31.2. The van der Waals surface area contributed by atoms with E-state index in [2.05, 4.69) is 74.7 Å². The molecular weight excluding hydrogens is 988 g/mol. The van der Waals surface area contributed by atoms with Crippen molar-refractivity contribution < 1.29 is 37.3 Å². The van der Waals surface area contributed by atoms with Crippen LogP contribution in [-0.2, 0) is 27.9 Å². The number of amides is 1. The minimum absolute atomic E-state index is 0.0239. The van der Waals surface area contributed by atoms with Crippen molar-refractivity contribution in [1.82, 2.24) is 5.32 Å². The average Bonchev–Trinajstić information content (AvgIpc) is 3.40. The summed E-state index contributed by atoms with van der Waals surface area (Å²) >= 11 is 0. The molecule has 0 aliphatic heterocycles. The lowest BCUT2D eigenvalue weighted by Crippen LogP contribution is -2.47. The maximum atomic E-state index is 13.6. The molecule has 0 aliphatic carbocycles. The summed E-state index contributed by atoms with van der Waals surface area (Å²) in [6, 6.07) is -0.892. The Morgan fingerprint density at radius 1 is 0.449 bits per heavy atom. The van der Waals surface area contributed by atoms with E-state index in [1.807, 2.05) is 33.3 Å². The highest BCUT2D eigenvalue weighted by Crippen LogP contribution is 2.38. The summed E-state index contributed by atoms with van der Waals surface area (Å²) in [6.07, 6.45) is 73.2. The van der Waals surface area contributed by atoms with Crippen LogP contribution >= 0.6 is 7.82 Å². The lowest BCUT2D eigenvalue weighted by Gasteiger charge is -2.30. The van der Waals surface area contributed by atoms with Gasteiger partial charge in [-0.1, -0.05) is 281 Å². The van der Waals surface area contributed by atoms with Crippen molar-refractivity contribution in [2.24, 2.45) is 0 Å². The van der Waals surface area contributed by atoms with Crippen LogP contribution in [0.2, 0.25) is 0 Å². The van der Waals surface area contributed by atoms with Gasteiger partial charge >= 0.3 is 5.97 Å². The van der Waals surface area contributed by atoms with Gasteiger partial charge in [0.25, 0.3) is 7.82 Å². The number of esters is 1. The van der Waals surface area contributed by atoms with Gasteiger partial charge in [0.2, 0.25) is 5.91 Å². The van der Waals surface area contributed by atoms with Crippen molar-refractivity contribution in [3.63, 3.8) is 0 Å². The Kier molecular flexibility index (Phi) is 56.2. The number of nitrogens with one attached hydrogen (secondary N) is 1. The number of allylic oxidation sites excluding steroid dienone is 9. The van der Waals surface area contributed by atoms with E-state index in [4.69, 9.17) is 13.8 Å². The molecule has 0 saturated carbocycles. The van der Waals surface area contributed by atoms with Crippen molar-refractivity contribution >= 4 is 19.7 Å². The molecule has 0 saturated heterocycles. The standard InChI is InChI=1S/C68H127N2O7P/c1-7-10-13-16-19-22-25-28-30-32-33-34-35-36-37-38-40-43-46-49-52-55-58-61-68(72)77-66(59-56-53-50-47-44-41-27-24-21-18-15-12-9-3)65(64-76-78(73,74)75-63-62-70(4,5)6)69-67(71)60-57-54-51-48-45-42-39-31-29-26-23-20-17-14-11-8-2/h19,22,28,30,33-34,36-37,56,59,65-66H,7-18,20-21,23-27,29,31-32,35,38-55,57-58,60-64H2,1-6H3,(H-,69,71,73,74)/b22-19-,30-28-,34-33-,37-36-,59-56+. The number of quaternary nitrogens is 1. The van der Waals surface area contributed by atoms with E-state index in [0.717, 1.165) is 89.9 Å². The molecule has 0 heterocycles. The van der Waals surface area contributed by atoms with Crippen LogP contribution in [0.1, 0.15) is 310 Å². The van der Waals surface area contributed by atoms with E-state index in [-0.39, 0.29) is 31.5 Å². The molecule has 456 valence electrons. The maximum absolute atomic E-state index is 13.6. The summed E-state index contributed by atoms with van der Waals surface area (Å²) in [5, 5.41) is 3.04. The number of rotatable bonds is 60. The molecule has 1 amide bonds. The van der Waals surface area contributed by atoms with Crippen LogP contribution in [-0.4, -0.2) is 69.4 Å². The average molecular weight is 1120 g/mol. The van der Waals surface area contributed by atoms with E-state index in [0.29, 0.717) is 17.4 Å². The van der Waals surface area contributed by atoms with Crippen molar-refractivity contribution in [3.05, 3.63) is 60.8 Å². The molecule has 0 aromatic rings. The predicted molar refractivity (Wildman–Crippen MR) is 335 cm³/mol. The zero-order valence-corrected chi connectivity index (χ0v) is 53.0. The van der Waals surface area contributed by atoms with Gasteiger partial charge in [0, 0.05) is 12.8 Å². The first-order chi connectivity index (χ1) is 37.9. The van der Waals surface area contributed by atoms with E-state index in [1.54, 1.807) is 0 Å². The molecule has 3 atom stereocenters. The first kappa shape index (κ1) is 75.7. The molecule has 0 fully saturated rings. The normalized spacial score (nSPS) is 14.0. The summed E-state index contributed by atoms with van der Waals surface area (Å²) in [6.45, 7) is 6.84. The smallest absolute Gasteiger partial charge is 0.306 e. The van der Waals surface area contributed by atoms with Crippen LogP contribution in [0.5, 0.6) is 0 Å². The van der Waals surface area contributed by atoms with Crippen LogP contribution in [0, 0.1) is 0 Å². The Labute approximate surface area is 483 Å². The van der Waals surface area contributed by atoms with Gasteiger partial charge in [0.15, 0.2) is 0 Å². The van der Waals surface area contributed by atoms with Crippen molar-refractivity contribution in [1.29, 1.82) is 0 Å². The summed E-state index contributed by atoms with van der Waals surface area (Å²) in [5.74, 6) is -0.542. The molecule has 0 bridgehead atoms. The number of unbranched alkanes of at least 4 members (excludes halogenated alkanes) is 36. The number of nitrogens with zero attached hydrogens (tertiary/aromatic N) is 1. The topological polar surface area (TPSA) is 114 Å². The molecule has 78 heavy (non-hydrogen) atoms. The zero-order chi connectivity index (χ0) is 57.2. The van der Waals surface area contributed by atoms with Crippen LogP contribution in [0.25, 0.3) is 0 Å². The SMILES string of the molecule is CCCCC/C=C\C/C=C\C/C=C\C/C=C\CCCCCCCCCC(=O)OC(/C=C/CCCCCCCCCCCCC)C(COP(=O)([O-])OCC[N+](C)(C)C)NC(=O)CCCCCCCCCCCCCCCCCC. The monoisotopic (exact) mass is 1110 g/mol. The molecule has 0 aromatic heterocycles. The maximum Gasteiger partial charge on any atom is 0.306 e. The lowest BCUT2D eigenvalue weighted by atomic mass is 10.0. The minimum Gasteiger partial charge on any atom is -0.756 e. The molecular formula is C68H127N2O7P. The molecule has 10 heteroatoms. The van der Waals surface area contributed by atoms with Crippen LogP contribution in [0.15, 0.2) is 60.8 Å². The summed E-state index contributed by atoms with van der Waals surface area (Å²) < 4.78 is 30.4. The lowest BCUT2D eigenvalue weighted by molar-refractivity contribution is -0.870. The largest absolute Gasteiger partial charge is 0.756 e. The first-order valence-corrected chi connectivity index (χ1v) is 34.6. The fourth-order valence-corrected chi connectivity index (χ4v) is 10.3. The van der Waals surface area contributed by atoms with Gasteiger partial charge in [-0.2, -0.15) is 0 Å². The number of carbonyl (C=O) groups excluding carboxylic acids is 2. The van der Waals surface area contributed by atoms with Gasteiger partial charge in [-0.05, 0) is 76.7 Å². The summed E-state index contributed by atoms with van der Waals surface area (Å²) in [4.78, 5) is 40.1.